The van der Waals surface area contributed by atoms with Crippen LogP contribution in [0.5, 0.6) is 0 Å². The highest BCUT2D eigenvalue weighted by Crippen LogP contribution is 2.21. The Morgan fingerprint density at radius 2 is 2.12 bits per heavy atom. The maximum atomic E-state index is 12.3. The van der Waals surface area contributed by atoms with E-state index in [2.05, 4.69) is 0 Å². The number of nitrogens with zero attached hydrogens (tertiary/aromatic N) is 1. The zero-order valence-electron chi connectivity index (χ0n) is 9.00. The Hall–Kier alpha value is -1.00. The number of halogens is 2. The van der Waals surface area contributed by atoms with Crippen LogP contribution >= 0.6 is 0 Å². The molecule has 0 aliphatic carbocycles. The van der Waals surface area contributed by atoms with Gasteiger partial charge in [-0.15, -0.1) is 0 Å². The van der Waals surface area contributed by atoms with E-state index in [4.69, 9.17) is 5.11 Å². The highest BCUT2D eigenvalue weighted by atomic mass is 19.3. The number of alkyl halides is 2. The van der Waals surface area contributed by atoms with Gasteiger partial charge in [0.15, 0.2) is 0 Å². The molecule has 0 aromatic heterocycles. The molecule has 0 saturated carbocycles. The van der Waals surface area contributed by atoms with Gasteiger partial charge < -0.3 is 5.11 Å². The summed E-state index contributed by atoms with van der Waals surface area (Å²) in [4.78, 5) is 1.76. The van der Waals surface area contributed by atoms with Crippen molar-refractivity contribution in [2.75, 3.05) is 13.1 Å². The van der Waals surface area contributed by atoms with Crippen LogP contribution in [-0.4, -0.2) is 29.5 Å². The summed E-state index contributed by atoms with van der Waals surface area (Å²) in [6.07, 6.45) is -1.46. The molecule has 1 aromatic carbocycles. The molecule has 0 unspecified atom stereocenters. The standard InChI is InChI=1S/C12H15F2NO/c13-12(14)7-15-4-3-10-2-1-9(8-16)5-11(10)6-15/h1-2,5,12,16H,3-4,6-8H2. The van der Waals surface area contributed by atoms with Crippen molar-refractivity contribution in [3.63, 3.8) is 0 Å². The summed E-state index contributed by atoms with van der Waals surface area (Å²) in [5.41, 5.74) is 3.12. The Bertz CT molecular complexity index is 368. The van der Waals surface area contributed by atoms with Gasteiger partial charge >= 0.3 is 0 Å². The largest absolute Gasteiger partial charge is 0.392 e. The van der Waals surface area contributed by atoms with Crippen molar-refractivity contribution in [1.29, 1.82) is 0 Å². The maximum Gasteiger partial charge on any atom is 0.251 e. The maximum absolute atomic E-state index is 12.3. The van der Waals surface area contributed by atoms with Gasteiger partial charge in [-0.1, -0.05) is 18.2 Å². The van der Waals surface area contributed by atoms with Crippen LogP contribution in [0.25, 0.3) is 0 Å². The molecule has 1 heterocycles. The first-order valence-electron chi connectivity index (χ1n) is 5.41. The van der Waals surface area contributed by atoms with Gasteiger partial charge in [0.2, 0.25) is 0 Å². The molecule has 2 nitrogen and oxygen atoms in total. The second-order valence-electron chi connectivity index (χ2n) is 4.14. The zero-order valence-corrected chi connectivity index (χ0v) is 9.00. The van der Waals surface area contributed by atoms with Gasteiger partial charge in [0.1, 0.15) is 0 Å². The van der Waals surface area contributed by atoms with Gasteiger partial charge in [0.25, 0.3) is 6.43 Å². The molecule has 0 fully saturated rings. The van der Waals surface area contributed by atoms with Crippen LogP contribution in [-0.2, 0) is 19.6 Å². The highest BCUT2D eigenvalue weighted by molar-refractivity contribution is 5.33. The number of rotatable bonds is 3. The number of hydrogen-bond donors (Lipinski definition) is 1. The molecule has 1 N–H and O–H groups in total. The number of aliphatic hydroxyl groups excluding tert-OH is 1. The molecule has 1 aliphatic heterocycles. The number of benzene rings is 1. The van der Waals surface area contributed by atoms with E-state index in [-0.39, 0.29) is 13.2 Å². The lowest BCUT2D eigenvalue weighted by atomic mass is 9.97. The Labute approximate surface area is 93.5 Å². The molecule has 0 spiro atoms. The van der Waals surface area contributed by atoms with E-state index < -0.39 is 6.43 Å². The van der Waals surface area contributed by atoms with E-state index >= 15 is 0 Å². The lowest BCUT2D eigenvalue weighted by molar-refractivity contribution is 0.0820. The van der Waals surface area contributed by atoms with E-state index in [9.17, 15) is 8.78 Å². The molecule has 0 amide bonds. The van der Waals surface area contributed by atoms with Crippen LogP contribution in [0.3, 0.4) is 0 Å². The number of aliphatic hydroxyl groups is 1. The zero-order chi connectivity index (χ0) is 11.5. The molecule has 0 atom stereocenters. The van der Waals surface area contributed by atoms with E-state index in [1.165, 1.54) is 5.56 Å². The van der Waals surface area contributed by atoms with Crippen molar-refractivity contribution < 1.29 is 13.9 Å². The second-order valence-corrected chi connectivity index (χ2v) is 4.14. The van der Waals surface area contributed by atoms with Gasteiger partial charge in [0, 0.05) is 13.1 Å². The van der Waals surface area contributed by atoms with Crippen LogP contribution in [0.4, 0.5) is 8.78 Å². The second kappa shape index (κ2) is 4.89. The molecule has 16 heavy (non-hydrogen) atoms. The van der Waals surface area contributed by atoms with Crippen LogP contribution in [0.15, 0.2) is 18.2 Å². The Morgan fingerprint density at radius 3 is 2.81 bits per heavy atom. The molecule has 0 bridgehead atoms. The molecule has 1 aliphatic rings. The van der Waals surface area contributed by atoms with E-state index in [1.54, 1.807) is 4.90 Å². The van der Waals surface area contributed by atoms with Crippen molar-refractivity contribution in [1.82, 2.24) is 4.90 Å². The summed E-state index contributed by atoms with van der Waals surface area (Å²) in [6.45, 7) is 1.09. The first kappa shape index (κ1) is 11.5. The quantitative estimate of drug-likeness (QED) is 0.851. The number of hydrogen-bond acceptors (Lipinski definition) is 2. The SMILES string of the molecule is OCc1ccc2c(c1)CN(CC(F)F)CC2. The summed E-state index contributed by atoms with van der Waals surface area (Å²) in [6, 6.07) is 5.79. The van der Waals surface area contributed by atoms with Crippen LogP contribution < -0.4 is 0 Å². The highest BCUT2D eigenvalue weighted by Gasteiger charge is 2.19. The van der Waals surface area contributed by atoms with Gasteiger partial charge in [-0.3, -0.25) is 4.90 Å². The lowest BCUT2D eigenvalue weighted by Gasteiger charge is -2.28. The summed E-state index contributed by atoms with van der Waals surface area (Å²) in [5, 5.41) is 9.02. The van der Waals surface area contributed by atoms with Crippen molar-refractivity contribution in [2.24, 2.45) is 0 Å². The fraction of sp³-hybridized carbons (Fsp3) is 0.500. The molecule has 2 rings (SSSR count). The average molecular weight is 227 g/mol. The summed E-state index contributed by atoms with van der Waals surface area (Å²) in [5.74, 6) is 0. The predicted octanol–water partition coefficient (Wildman–Crippen LogP) is 1.80. The fourth-order valence-electron chi connectivity index (χ4n) is 2.12. The minimum absolute atomic E-state index is 0.00211. The van der Waals surface area contributed by atoms with Crippen molar-refractivity contribution in [3.8, 4) is 0 Å². The minimum atomic E-state index is -2.28. The lowest BCUT2D eigenvalue weighted by Crippen LogP contribution is -2.34. The summed E-state index contributed by atoms with van der Waals surface area (Å²) < 4.78 is 24.5. The Morgan fingerprint density at radius 1 is 1.31 bits per heavy atom. The van der Waals surface area contributed by atoms with Gasteiger partial charge in [-0.2, -0.15) is 0 Å². The summed E-state index contributed by atoms with van der Waals surface area (Å²) >= 11 is 0. The normalized spacial score (nSPS) is 16.5. The third kappa shape index (κ3) is 2.57. The minimum Gasteiger partial charge on any atom is -0.392 e. The fourth-order valence-corrected chi connectivity index (χ4v) is 2.12. The monoisotopic (exact) mass is 227 g/mol. The van der Waals surface area contributed by atoms with E-state index in [0.717, 1.165) is 17.5 Å². The Kier molecular flexibility index (Phi) is 3.51. The van der Waals surface area contributed by atoms with E-state index in [0.29, 0.717) is 13.1 Å². The van der Waals surface area contributed by atoms with Crippen LogP contribution in [0.1, 0.15) is 16.7 Å². The smallest absolute Gasteiger partial charge is 0.251 e. The number of fused-ring (bicyclic) bond motifs is 1. The first-order valence-corrected chi connectivity index (χ1v) is 5.41. The van der Waals surface area contributed by atoms with Crippen molar-refractivity contribution in [2.45, 2.75) is 26.0 Å². The van der Waals surface area contributed by atoms with E-state index in [1.807, 2.05) is 18.2 Å². The molecular formula is C12H15F2NO. The van der Waals surface area contributed by atoms with Gasteiger partial charge in [-0.25, -0.2) is 8.78 Å². The third-order valence-electron chi connectivity index (χ3n) is 2.94. The summed E-state index contributed by atoms with van der Waals surface area (Å²) in [7, 11) is 0. The molecule has 4 heteroatoms. The average Bonchev–Trinajstić information content (AvgIpc) is 2.27. The van der Waals surface area contributed by atoms with Crippen molar-refractivity contribution >= 4 is 0 Å². The molecule has 0 radical (unpaired) electrons. The topological polar surface area (TPSA) is 23.5 Å². The predicted molar refractivity (Wildman–Crippen MR) is 57.3 cm³/mol. The molecule has 1 aromatic rings. The van der Waals surface area contributed by atoms with Crippen LogP contribution in [0.2, 0.25) is 0 Å². The first-order chi connectivity index (χ1) is 7.69. The Balaban J connectivity index is 2.12. The molecular weight excluding hydrogens is 212 g/mol. The van der Waals surface area contributed by atoms with Gasteiger partial charge in [-0.05, 0) is 23.1 Å². The van der Waals surface area contributed by atoms with Crippen molar-refractivity contribution in [3.05, 3.63) is 34.9 Å². The molecule has 88 valence electrons. The third-order valence-corrected chi connectivity index (χ3v) is 2.94. The van der Waals surface area contributed by atoms with Crippen LogP contribution in [0, 0.1) is 0 Å². The molecule has 0 saturated heterocycles. The van der Waals surface area contributed by atoms with Gasteiger partial charge in [0.05, 0.1) is 13.2 Å².